The number of nitrogens with one attached hydrogen (secondary N) is 1. The van der Waals surface area contributed by atoms with Crippen molar-refractivity contribution in [3.05, 3.63) is 0 Å². The molecule has 122 valence electrons. The molecule has 7 heteroatoms. The fraction of sp³-hybridized carbons (Fsp3) is 0.857. The number of halogens is 1. The van der Waals surface area contributed by atoms with Gasteiger partial charge in [-0.3, -0.25) is 9.59 Å². The Hall–Kier alpha value is -0.850. The van der Waals surface area contributed by atoms with Gasteiger partial charge in [0.15, 0.2) is 0 Å². The largest absolute Gasteiger partial charge is 0.381 e. The molecule has 0 aromatic rings. The van der Waals surface area contributed by atoms with Crippen LogP contribution in [0.5, 0.6) is 0 Å². The lowest BCUT2D eigenvalue weighted by Crippen LogP contribution is -2.51. The van der Waals surface area contributed by atoms with E-state index in [-0.39, 0.29) is 36.2 Å². The number of amides is 2. The first kappa shape index (κ1) is 18.2. The monoisotopic (exact) mass is 319 g/mol. The minimum Gasteiger partial charge on any atom is -0.381 e. The number of nitrogens with two attached hydrogens (primary N) is 1. The van der Waals surface area contributed by atoms with E-state index in [2.05, 4.69) is 5.32 Å². The van der Waals surface area contributed by atoms with Crippen molar-refractivity contribution in [2.75, 3.05) is 32.8 Å². The van der Waals surface area contributed by atoms with Crippen molar-refractivity contribution in [2.45, 2.75) is 38.1 Å². The first-order chi connectivity index (χ1) is 9.72. The van der Waals surface area contributed by atoms with Crippen molar-refractivity contribution in [3.63, 3.8) is 0 Å². The highest BCUT2D eigenvalue weighted by Gasteiger charge is 2.33. The highest BCUT2D eigenvalue weighted by atomic mass is 35.5. The summed E-state index contributed by atoms with van der Waals surface area (Å²) in [6.45, 7) is 2.92. The summed E-state index contributed by atoms with van der Waals surface area (Å²) in [4.78, 5) is 25.9. The van der Waals surface area contributed by atoms with Crippen molar-refractivity contribution in [1.29, 1.82) is 0 Å². The van der Waals surface area contributed by atoms with E-state index in [1.165, 1.54) is 0 Å². The maximum atomic E-state index is 12.5. The van der Waals surface area contributed by atoms with Crippen molar-refractivity contribution < 1.29 is 14.3 Å². The number of rotatable bonds is 5. The minimum absolute atomic E-state index is 0. The van der Waals surface area contributed by atoms with Gasteiger partial charge in [0.2, 0.25) is 11.8 Å². The summed E-state index contributed by atoms with van der Waals surface area (Å²) in [6.07, 6.45) is 4.29. The van der Waals surface area contributed by atoms with Crippen LogP contribution in [0.3, 0.4) is 0 Å². The fourth-order valence-electron chi connectivity index (χ4n) is 2.92. The average Bonchev–Trinajstić information content (AvgIpc) is 2.99. The topological polar surface area (TPSA) is 84.7 Å². The number of nitrogens with zero attached hydrogens (tertiary/aromatic N) is 1. The first-order valence-corrected chi connectivity index (χ1v) is 7.57. The van der Waals surface area contributed by atoms with Gasteiger partial charge in [0.05, 0.1) is 12.5 Å². The zero-order valence-corrected chi connectivity index (χ0v) is 13.2. The molecule has 2 heterocycles. The summed E-state index contributed by atoms with van der Waals surface area (Å²) in [5.41, 5.74) is 5.36. The number of carbonyl (C=O) groups excluding carboxylic acids is 2. The van der Waals surface area contributed by atoms with Gasteiger partial charge in [-0.15, -0.1) is 12.4 Å². The Balaban J connectivity index is 0.00000220. The summed E-state index contributed by atoms with van der Waals surface area (Å²) in [5.74, 6) is 0.172. The molecule has 2 amide bonds. The quantitative estimate of drug-likeness (QED) is 0.763. The van der Waals surface area contributed by atoms with Crippen molar-refractivity contribution in [3.8, 4) is 0 Å². The lowest BCUT2D eigenvalue weighted by molar-refractivity contribution is -0.139. The van der Waals surface area contributed by atoms with Crippen LogP contribution in [0.2, 0.25) is 0 Å². The van der Waals surface area contributed by atoms with E-state index in [9.17, 15) is 9.59 Å². The van der Waals surface area contributed by atoms with E-state index < -0.39 is 0 Å². The number of hydrogen-bond acceptors (Lipinski definition) is 4. The van der Waals surface area contributed by atoms with Gasteiger partial charge < -0.3 is 20.7 Å². The summed E-state index contributed by atoms with van der Waals surface area (Å²) >= 11 is 0. The number of likely N-dealkylation sites (tertiary alicyclic amines) is 1. The van der Waals surface area contributed by atoms with Crippen LogP contribution in [-0.4, -0.2) is 55.6 Å². The number of carbonyl (C=O) groups is 2. The normalized spacial score (nSPS) is 25.3. The third-order valence-electron chi connectivity index (χ3n) is 4.10. The summed E-state index contributed by atoms with van der Waals surface area (Å²) in [6, 6.07) is 0.124. The molecule has 0 aliphatic carbocycles. The van der Waals surface area contributed by atoms with Crippen LogP contribution in [0.25, 0.3) is 0 Å². The van der Waals surface area contributed by atoms with Crippen LogP contribution < -0.4 is 11.1 Å². The maximum Gasteiger partial charge on any atom is 0.228 e. The lowest BCUT2D eigenvalue weighted by atomic mass is 9.98. The van der Waals surface area contributed by atoms with Gasteiger partial charge in [0, 0.05) is 38.7 Å². The van der Waals surface area contributed by atoms with Crippen LogP contribution in [0.1, 0.15) is 32.1 Å². The van der Waals surface area contributed by atoms with Crippen LogP contribution >= 0.6 is 12.4 Å². The van der Waals surface area contributed by atoms with Crippen molar-refractivity contribution >= 4 is 24.2 Å². The predicted molar refractivity (Wildman–Crippen MR) is 82.2 cm³/mol. The molecule has 2 saturated heterocycles. The van der Waals surface area contributed by atoms with E-state index in [0.29, 0.717) is 32.7 Å². The standard InChI is InChI=1S/C14H25N3O3.ClH/c15-6-4-13(18)16-9-12-3-1-2-7-17(12)14(19)11-5-8-20-10-11;/h11-12H,1-10,15H2,(H,16,18);1H. The molecule has 2 rings (SSSR count). The molecule has 2 atom stereocenters. The van der Waals surface area contributed by atoms with Crippen LogP contribution in [-0.2, 0) is 14.3 Å². The second-order valence-corrected chi connectivity index (χ2v) is 5.58. The molecule has 6 nitrogen and oxygen atoms in total. The number of ether oxygens (including phenoxy) is 1. The Kier molecular flexibility index (Phi) is 8.00. The second-order valence-electron chi connectivity index (χ2n) is 5.58. The van der Waals surface area contributed by atoms with Crippen LogP contribution in [0, 0.1) is 5.92 Å². The molecular formula is C14H26ClN3O3. The van der Waals surface area contributed by atoms with E-state index in [1.807, 2.05) is 4.90 Å². The van der Waals surface area contributed by atoms with Gasteiger partial charge in [0.1, 0.15) is 0 Å². The van der Waals surface area contributed by atoms with Gasteiger partial charge in [0.25, 0.3) is 0 Å². The maximum absolute atomic E-state index is 12.5. The molecule has 0 spiro atoms. The molecule has 0 aromatic carbocycles. The Morgan fingerprint density at radius 1 is 1.29 bits per heavy atom. The van der Waals surface area contributed by atoms with E-state index in [0.717, 1.165) is 32.2 Å². The molecule has 3 N–H and O–H groups in total. The Bertz CT molecular complexity index is 348. The number of hydrogen-bond donors (Lipinski definition) is 2. The fourth-order valence-corrected chi connectivity index (χ4v) is 2.92. The Labute approximate surface area is 132 Å². The Morgan fingerprint density at radius 3 is 2.76 bits per heavy atom. The third-order valence-corrected chi connectivity index (χ3v) is 4.10. The molecular weight excluding hydrogens is 294 g/mol. The minimum atomic E-state index is -0.0327. The van der Waals surface area contributed by atoms with Gasteiger partial charge in [-0.2, -0.15) is 0 Å². The Morgan fingerprint density at radius 2 is 2.10 bits per heavy atom. The van der Waals surface area contributed by atoms with Crippen LogP contribution in [0.4, 0.5) is 0 Å². The average molecular weight is 320 g/mol. The number of piperidine rings is 1. The predicted octanol–water partition coefficient (Wildman–Crippen LogP) is 0.291. The van der Waals surface area contributed by atoms with Crippen molar-refractivity contribution in [1.82, 2.24) is 10.2 Å². The smallest absolute Gasteiger partial charge is 0.228 e. The highest BCUT2D eigenvalue weighted by Crippen LogP contribution is 2.22. The zero-order valence-electron chi connectivity index (χ0n) is 12.4. The molecule has 2 fully saturated rings. The zero-order chi connectivity index (χ0) is 14.4. The van der Waals surface area contributed by atoms with Gasteiger partial charge >= 0.3 is 0 Å². The molecule has 0 saturated carbocycles. The molecule has 21 heavy (non-hydrogen) atoms. The SMILES string of the molecule is Cl.NCCC(=O)NCC1CCCCN1C(=O)C1CCOC1. The van der Waals surface area contributed by atoms with Gasteiger partial charge in [-0.05, 0) is 25.7 Å². The van der Waals surface area contributed by atoms with E-state index >= 15 is 0 Å². The molecule has 0 bridgehead atoms. The molecule has 0 aromatic heterocycles. The summed E-state index contributed by atoms with van der Waals surface area (Å²) < 4.78 is 5.30. The highest BCUT2D eigenvalue weighted by molar-refractivity contribution is 5.85. The van der Waals surface area contributed by atoms with Gasteiger partial charge in [-0.1, -0.05) is 0 Å². The third kappa shape index (κ3) is 5.13. The summed E-state index contributed by atoms with van der Waals surface area (Å²) in [7, 11) is 0. The van der Waals surface area contributed by atoms with Gasteiger partial charge in [-0.25, -0.2) is 0 Å². The molecule has 2 aliphatic rings. The molecule has 2 unspecified atom stereocenters. The molecule has 2 aliphatic heterocycles. The van der Waals surface area contributed by atoms with Crippen LogP contribution in [0.15, 0.2) is 0 Å². The van der Waals surface area contributed by atoms with E-state index in [1.54, 1.807) is 0 Å². The lowest BCUT2D eigenvalue weighted by Gasteiger charge is -2.37. The summed E-state index contributed by atoms with van der Waals surface area (Å²) in [5, 5.41) is 2.88. The van der Waals surface area contributed by atoms with E-state index in [4.69, 9.17) is 10.5 Å². The van der Waals surface area contributed by atoms with Crippen molar-refractivity contribution in [2.24, 2.45) is 11.7 Å². The molecule has 0 radical (unpaired) electrons. The first-order valence-electron chi connectivity index (χ1n) is 7.57. The second kappa shape index (κ2) is 9.23.